The maximum Gasteiger partial charge on any atom is 0.243 e. The van der Waals surface area contributed by atoms with Crippen molar-refractivity contribution in [1.29, 1.82) is 0 Å². The average molecular weight is 601 g/mol. The molecule has 0 saturated carbocycles. The minimum absolute atomic E-state index is 0.0396. The average Bonchev–Trinajstić information content (AvgIpc) is 2.98. The van der Waals surface area contributed by atoms with E-state index in [0.29, 0.717) is 34.9 Å². The van der Waals surface area contributed by atoms with E-state index in [4.69, 9.17) is 11.6 Å². The molecule has 0 bridgehead atoms. The normalized spacial score (nSPS) is 23.0. The monoisotopic (exact) mass is 600 g/mol. The molecule has 1 unspecified atom stereocenters. The van der Waals surface area contributed by atoms with Crippen molar-refractivity contribution in [3.63, 3.8) is 0 Å². The molecule has 224 valence electrons. The van der Waals surface area contributed by atoms with Crippen LogP contribution in [0.15, 0.2) is 47.4 Å². The summed E-state index contributed by atoms with van der Waals surface area (Å²) in [6, 6.07) is 14.1. The lowest BCUT2D eigenvalue weighted by atomic mass is 9.78. The first-order valence-electron chi connectivity index (χ1n) is 15.2. The fourth-order valence-electron chi connectivity index (χ4n) is 7.08. The standard InChI is InChI=1S/C32H45ClN4O3S/c1-25-24-30(26(2)23-29(25)33)41(39,40)37-16-8-7-11-28(37)12-13-31(38)35-17-14-32(15-18-35,27-9-5-4-6-10-27)36-21-19-34(3)20-22-36/h4-6,9-10,23-24,28H,7-8,11-22H2,1-3H3. The number of aryl methyl sites for hydroxylation is 2. The van der Waals surface area contributed by atoms with Crippen LogP contribution in [0, 0.1) is 13.8 Å². The number of nitrogens with zero attached hydrogens (tertiary/aromatic N) is 4. The van der Waals surface area contributed by atoms with E-state index < -0.39 is 10.0 Å². The van der Waals surface area contributed by atoms with Crippen LogP contribution in [0.4, 0.5) is 0 Å². The number of carbonyl (C=O) groups excluding carboxylic acids is 1. The number of rotatable bonds is 7. The van der Waals surface area contributed by atoms with Crippen molar-refractivity contribution >= 4 is 27.5 Å². The Morgan fingerprint density at radius 3 is 2.29 bits per heavy atom. The Bertz CT molecular complexity index is 1320. The quantitative estimate of drug-likeness (QED) is 0.445. The second kappa shape index (κ2) is 12.7. The Hall–Kier alpha value is -1.97. The summed E-state index contributed by atoms with van der Waals surface area (Å²) in [6.07, 6.45) is 5.40. The second-order valence-electron chi connectivity index (χ2n) is 12.2. The van der Waals surface area contributed by atoms with Crippen molar-refractivity contribution in [1.82, 2.24) is 19.0 Å². The number of amides is 1. The van der Waals surface area contributed by atoms with Gasteiger partial charge in [0.2, 0.25) is 15.9 Å². The van der Waals surface area contributed by atoms with E-state index in [1.54, 1.807) is 23.4 Å². The van der Waals surface area contributed by atoms with E-state index in [1.807, 2.05) is 11.8 Å². The molecule has 1 atom stereocenters. The van der Waals surface area contributed by atoms with Gasteiger partial charge in [-0.2, -0.15) is 4.31 Å². The highest BCUT2D eigenvalue weighted by Gasteiger charge is 2.43. The van der Waals surface area contributed by atoms with Gasteiger partial charge < -0.3 is 9.80 Å². The Morgan fingerprint density at radius 1 is 0.927 bits per heavy atom. The highest BCUT2D eigenvalue weighted by atomic mass is 35.5. The van der Waals surface area contributed by atoms with Crippen LogP contribution in [0.25, 0.3) is 0 Å². The van der Waals surface area contributed by atoms with Gasteiger partial charge in [0.05, 0.1) is 4.90 Å². The molecule has 1 amide bonds. The van der Waals surface area contributed by atoms with E-state index in [0.717, 1.165) is 76.9 Å². The second-order valence-corrected chi connectivity index (χ2v) is 14.5. The zero-order valence-corrected chi connectivity index (χ0v) is 26.4. The molecule has 0 N–H and O–H groups in total. The molecule has 2 aromatic rings. The summed E-state index contributed by atoms with van der Waals surface area (Å²) in [7, 11) is -1.49. The Kier molecular flexibility index (Phi) is 9.46. The summed E-state index contributed by atoms with van der Waals surface area (Å²) < 4.78 is 29.2. The molecular weight excluding hydrogens is 556 g/mol. The van der Waals surface area contributed by atoms with Crippen molar-refractivity contribution in [3.05, 3.63) is 64.2 Å². The maximum absolute atomic E-state index is 13.8. The first-order valence-corrected chi connectivity index (χ1v) is 17.0. The molecular formula is C32H45ClN4O3S. The van der Waals surface area contributed by atoms with Crippen molar-refractivity contribution in [2.45, 2.75) is 75.3 Å². The number of hydrogen-bond donors (Lipinski definition) is 0. The summed E-state index contributed by atoms with van der Waals surface area (Å²) in [5, 5.41) is 0.577. The van der Waals surface area contributed by atoms with Gasteiger partial charge in [-0.05, 0) is 81.8 Å². The van der Waals surface area contributed by atoms with Gasteiger partial charge in [-0.25, -0.2) is 8.42 Å². The SMILES string of the molecule is Cc1cc(S(=O)(=O)N2CCCCC2CCC(=O)N2CCC(c3ccccc3)(N3CCN(C)CC3)CC2)c(C)cc1Cl. The number of piperazine rings is 1. The summed E-state index contributed by atoms with van der Waals surface area (Å²) in [5.74, 6) is 0.145. The number of likely N-dealkylation sites (tertiary alicyclic amines) is 1. The van der Waals surface area contributed by atoms with E-state index in [1.165, 1.54) is 5.56 Å². The van der Waals surface area contributed by atoms with Gasteiger partial charge in [-0.3, -0.25) is 9.69 Å². The lowest BCUT2D eigenvalue weighted by Gasteiger charge is -2.51. The molecule has 0 aliphatic carbocycles. The maximum atomic E-state index is 13.8. The van der Waals surface area contributed by atoms with Gasteiger partial charge >= 0.3 is 0 Å². The third-order valence-corrected chi connectivity index (χ3v) is 12.2. The Labute approximate surface area is 251 Å². The van der Waals surface area contributed by atoms with Crippen molar-refractivity contribution < 1.29 is 13.2 Å². The van der Waals surface area contributed by atoms with Crippen LogP contribution in [0.3, 0.4) is 0 Å². The molecule has 5 rings (SSSR count). The molecule has 0 radical (unpaired) electrons. The molecule has 0 spiro atoms. The van der Waals surface area contributed by atoms with E-state index in [9.17, 15) is 13.2 Å². The van der Waals surface area contributed by atoms with E-state index in [2.05, 4.69) is 47.2 Å². The molecule has 3 fully saturated rings. The van der Waals surface area contributed by atoms with Crippen molar-refractivity contribution in [2.24, 2.45) is 0 Å². The first-order chi connectivity index (χ1) is 19.6. The summed E-state index contributed by atoms with van der Waals surface area (Å²) in [6.45, 7) is 9.80. The molecule has 3 aliphatic rings. The highest BCUT2D eigenvalue weighted by Crippen LogP contribution is 2.40. The van der Waals surface area contributed by atoms with Crippen molar-refractivity contribution in [3.8, 4) is 0 Å². The Morgan fingerprint density at radius 2 is 1.61 bits per heavy atom. The number of likely N-dealkylation sites (N-methyl/N-ethyl adjacent to an activating group) is 1. The first kappa shape index (κ1) is 30.5. The minimum atomic E-state index is -3.68. The zero-order chi connectivity index (χ0) is 29.2. The summed E-state index contributed by atoms with van der Waals surface area (Å²) >= 11 is 6.26. The Balaban J connectivity index is 1.25. The van der Waals surface area contributed by atoms with Gasteiger partial charge in [-0.15, -0.1) is 0 Å². The smallest absolute Gasteiger partial charge is 0.243 e. The molecule has 0 aromatic heterocycles. The van der Waals surface area contributed by atoms with Crippen LogP contribution < -0.4 is 0 Å². The molecule has 3 heterocycles. The van der Waals surface area contributed by atoms with Gasteiger partial charge in [0, 0.05) is 68.8 Å². The van der Waals surface area contributed by atoms with Crippen molar-refractivity contribution in [2.75, 3.05) is 52.9 Å². The number of piperidine rings is 2. The predicted octanol–water partition coefficient (Wildman–Crippen LogP) is 5.05. The lowest BCUT2D eigenvalue weighted by molar-refractivity contribution is -0.135. The summed E-state index contributed by atoms with van der Waals surface area (Å²) in [4.78, 5) is 20.9. The van der Waals surface area contributed by atoms with Crippen LogP contribution in [-0.2, 0) is 20.4 Å². The minimum Gasteiger partial charge on any atom is -0.343 e. The molecule has 2 aromatic carbocycles. The number of halogens is 1. The topological polar surface area (TPSA) is 64.2 Å². The molecule has 3 saturated heterocycles. The molecule has 3 aliphatic heterocycles. The van der Waals surface area contributed by atoms with Gasteiger partial charge in [0.1, 0.15) is 0 Å². The molecule has 9 heteroatoms. The number of benzene rings is 2. The van der Waals surface area contributed by atoms with E-state index in [-0.39, 0.29) is 17.5 Å². The zero-order valence-electron chi connectivity index (χ0n) is 24.8. The fraction of sp³-hybridized carbons (Fsp3) is 0.594. The predicted molar refractivity (Wildman–Crippen MR) is 165 cm³/mol. The van der Waals surface area contributed by atoms with Crippen LogP contribution in [0.5, 0.6) is 0 Å². The van der Waals surface area contributed by atoms with Gasteiger partial charge in [-0.1, -0.05) is 48.4 Å². The third-order valence-electron chi connectivity index (χ3n) is 9.67. The number of hydrogen-bond acceptors (Lipinski definition) is 5. The van der Waals surface area contributed by atoms with Crippen LogP contribution in [0.1, 0.15) is 61.6 Å². The number of sulfonamides is 1. The molecule has 7 nitrogen and oxygen atoms in total. The van der Waals surface area contributed by atoms with Crippen LogP contribution in [0.2, 0.25) is 5.02 Å². The highest BCUT2D eigenvalue weighted by molar-refractivity contribution is 7.89. The lowest BCUT2D eigenvalue weighted by Crippen LogP contribution is -2.59. The largest absolute Gasteiger partial charge is 0.343 e. The molecule has 41 heavy (non-hydrogen) atoms. The third kappa shape index (κ3) is 6.37. The fourth-order valence-corrected chi connectivity index (χ4v) is 9.32. The number of carbonyl (C=O) groups is 1. The van der Waals surface area contributed by atoms with Crippen LogP contribution in [-0.4, -0.2) is 92.2 Å². The van der Waals surface area contributed by atoms with E-state index >= 15 is 0 Å². The summed E-state index contributed by atoms with van der Waals surface area (Å²) in [5.41, 5.74) is 2.74. The van der Waals surface area contributed by atoms with Crippen LogP contribution >= 0.6 is 11.6 Å². The van der Waals surface area contributed by atoms with Gasteiger partial charge in [0.25, 0.3) is 0 Å². The van der Waals surface area contributed by atoms with Gasteiger partial charge in [0.15, 0.2) is 0 Å².